The fourth-order valence-corrected chi connectivity index (χ4v) is 1.95. The van der Waals surface area contributed by atoms with Crippen LogP contribution in [0.15, 0.2) is 12.1 Å². The molecule has 0 fully saturated rings. The number of carboxylic acids is 1. The van der Waals surface area contributed by atoms with Crippen molar-refractivity contribution in [2.24, 2.45) is 0 Å². The van der Waals surface area contributed by atoms with Gasteiger partial charge in [0.15, 0.2) is 11.5 Å². The zero-order valence-corrected chi connectivity index (χ0v) is 11.4. The second-order valence-corrected chi connectivity index (χ2v) is 4.73. The van der Waals surface area contributed by atoms with Crippen LogP contribution in [0.4, 0.5) is 0 Å². The van der Waals surface area contributed by atoms with Crippen LogP contribution in [0.2, 0.25) is 0 Å². The number of hydrogen-bond acceptors (Lipinski definition) is 4. The average molecular weight is 279 g/mol. The molecule has 2 rings (SSSR count). The van der Waals surface area contributed by atoms with E-state index in [1.165, 1.54) is 6.92 Å². The molecule has 1 aromatic carbocycles. The number of benzene rings is 1. The number of nitrogens with one attached hydrogen (secondary N) is 1. The SMILES string of the molecule is Cc1cc2c(cc1CC(=O)NC(C)C(=O)O)OCCO2. The molecule has 0 radical (unpaired) electrons. The van der Waals surface area contributed by atoms with Crippen molar-refractivity contribution in [1.82, 2.24) is 5.32 Å². The van der Waals surface area contributed by atoms with Crippen LogP contribution >= 0.6 is 0 Å². The smallest absolute Gasteiger partial charge is 0.325 e. The summed E-state index contributed by atoms with van der Waals surface area (Å²) in [6.07, 6.45) is 0.111. The molecule has 1 aliphatic heterocycles. The van der Waals surface area contributed by atoms with Crippen molar-refractivity contribution in [1.29, 1.82) is 0 Å². The topological polar surface area (TPSA) is 84.9 Å². The van der Waals surface area contributed by atoms with E-state index >= 15 is 0 Å². The van der Waals surface area contributed by atoms with Gasteiger partial charge in [0, 0.05) is 0 Å². The lowest BCUT2D eigenvalue weighted by atomic mass is 10.0. The van der Waals surface area contributed by atoms with Gasteiger partial charge in [-0.05, 0) is 37.1 Å². The Labute approximate surface area is 116 Å². The number of carbonyl (C=O) groups excluding carboxylic acids is 1. The summed E-state index contributed by atoms with van der Waals surface area (Å²) in [5.74, 6) is -0.0929. The number of carbonyl (C=O) groups is 2. The maximum absolute atomic E-state index is 11.8. The third-order valence-electron chi connectivity index (χ3n) is 3.10. The molecular weight excluding hydrogens is 262 g/mol. The molecule has 0 spiro atoms. The zero-order valence-electron chi connectivity index (χ0n) is 11.4. The van der Waals surface area contributed by atoms with Gasteiger partial charge in [-0.25, -0.2) is 0 Å². The molecule has 0 saturated carbocycles. The molecule has 6 nitrogen and oxygen atoms in total. The summed E-state index contributed by atoms with van der Waals surface area (Å²) in [5.41, 5.74) is 1.71. The highest BCUT2D eigenvalue weighted by Crippen LogP contribution is 2.33. The van der Waals surface area contributed by atoms with E-state index in [9.17, 15) is 9.59 Å². The van der Waals surface area contributed by atoms with Crippen LogP contribution < -0.4 is 14.8 Å². The highest BCUT2D eigenvalue weighted by Gasteiger charge is 2.18. The first kappa shape index (κ1) is 14.2. The fraction of sp³-hybridized carbons (Fsp3) is 0.429. The fourth-order valence-electron chi connectivity index (χ4n) is 1.95. The predicted octanol–water partition coefficient (Wildman–Crippen LogP) is 0.898. The lowest BCUT2D eigenvalue weighted by Gasteiger charge is -2.20. The summed E-state index contributed by atoms with van der Waals surface area (Å²) >= 11 is 0. The van der Waals surface area contributed by atoms with Gasteiger partial charge in [0.2, 0.25) is 5.91 Å². The van der Waals surface area contributed by atoms with Crippen LogP contribution in [0.25, 0.3) is 0 Å². The van der Waals surface area contributed by atoms with Gasteiger partial charge in [-0.1, -0.05) is 0 Å². The standard InChI is InChI=1S/C14H17NO5/c1-8-5-11-12(20-4-3-19-11)6-10(8)7-13(16)15-9(2)14(17)18/h5-6,9H,3-4,7H2,1-2H3,(H,15,16)(H,17,18). The summed E-state index contributed by atoms with van der Waals surface area (Å²) < 4.78 is 10.9. The molecule has 0 bridgehead atoms. The van der Waals surface area contributed by atoms with E-state index in [2.05, 4.69) is 5.32 Å². The molecule has 1 unspecified atom stereocenters. The third kappa shape index (κ3) is 3.20. The van der Waals surface area contributed by atoms with Crippen molar-refractivity contribution in [2.45, 2.75) is 26.3 Å². The largest absolute Gasteiger partial charge is 0.486 e. The maximum Gasteiger partial charge on any atom is 0.325 e. The van der Waals surface area contributed by atoms with Crippen LogP contribution in [0, 0.1) is 6.92 Å². The normalized spacial score (nSPS) is 14.5. The van der Waals surface area contributed by atoms with Gasteiger partial charge in [0.1, 0.15) is 19.3 Å². The van der Waals surface area contributed by atoms with Gasteiger partial charge in [-0.2, -0.15) is 0 Å². The molecule has 1 amide bonds. The Kier molecular flexibility index (Phi) is 4.12. The minimum absolute atomic E-state index is 0.111. The quantitative estimate of drug-likeness (QED) is 0.855. The van der Waals surface area contributed by atoms with E-state index in [0.29, 0.717) is 24.7 Å². The van der Waals surface area contributed by atoms with Crippen LogP contribution in [0.5, 0.6) is 11.5 Å². The summed E-state index contributed by atoms with van der Waals surface area (Å²) in [4.78, 5) is 22.5. The van der Waals surface area contributed by atoms with Crippen LogP contribution in [-0.2, 0) is 16.0 Å². The monoisotopic (exact) mass is 279 g/mol. The van der Waals surface area contributed by atoms with E-state index in [-0.39, 0.29) is 12.3 Å². The van der Waals surface area contributed by atoms with Crippen molar-refractivity contribution < 1.29 is 24.2 Å². The number of aliphatic carboxylic acids is 1. The van der Waals surface area contributed by atoms with Crippen LogP contribution in [-0.4, -0.2) is 36.2 Å². The van der Waals surface area contributed by atoms with Crippen LogP contribution in [0.1, 0.15) is 18.1 Å². The first-order chi connectivity index (χ1) is 9.47. The molecule has 1 heterocycles. The molecular formula is C14H17NO5. The summed E-state index contributed by atoms with van der Waals surface area (Å²) in [7, 11) is 0. The molecule has 1 aliphatic rings. The molecule has 0 saturated heterocycles. The predicted molar refractivity (Wildman–Crippen MR) is 71.1 cm³/mol. The molecule has 1 aromatic rings. The van der Waals surface area contributed by atoms with Crippen molar-refractivity contribution in [2.75, 3.05) is 13.2 Å². The lowest BCUT2D eigenvalue weighted by Crippen LogP contribution is -2.39. The van der Waals surface area contributed by atoms with Gasteiger partial charge >= 0.3 is 5.97 Å². The second-order valence-electron chi connectivity index (χ2n) is 4.73. The molecule has 0 aromatic heterocycles. The Morgan fingerprint density at radius 1 is 1.30 bits per heavy atom. The number of ether oxygens (including phenoxy) is 2. The Balaban J connectivity index is 2.09. The van der Waals surface area contributed by atoms with Crippen molar-refractivity contribution in [3.05, 3.63) is 23.3 Å². The zero-order chi connectivity index (χ0) is 14.7. The number of carboxylic acid groups (broad SMARTS) is 1. The molecule has 108 valence electrons. The van der Waals surface area contributed by atoms with Crippen molar-refractivity contribution >= 4 is 11.9 Å². The van der Waals surface area contributed by atoms with Gasteiger partial charge in [-0.15, -0.1) is 0 Å². The van der Waals surface area contributed by atoms with Gasteiger partial charge in [-0.3, -0.25) is 9.59 Å². The van der Waals surface area contributed by atoms with E-state index in [1.807, 2.05) is 13.0 Å². The van der Waals surface area contributed by atoms with Crippen molar-refractivity contribution in [3.63, 3.8) is 0 Å². The molecule has 2 N–H and O–H groups in total. The Hall–Kier alpha value is -2.24. The Morgan fingerprint density at radius 2 is 1.90 bits per heavy atom. The van der Waals surface area contributed by atoms with Crippen LogP contribution in [0.3, 0.4) is 0 Å². The first-order valence-electron chi connectivity index (χ1n) is 6.38. The van der Waals surface area contributed by atoms with E-state index in [4.69, 9.17) is 14.6 Å². The molecule has 6 heteroatoms. The lowest BCUT2D eigenvalue weighted by molar-refractivity contribution is -0.141. The Morgan fingerprint density at radius 3 is 2.50 bits per heavy atom. The summed E-state index contributed by atoms with van der Waals surface area (Å²) in [5, 5.41) is 11.2. The third-order valence-corrected chi connectivity index (χ3v) is 3.10. The Bertz CT molecular complexity index is 541. The second kappa shape index (κ2) is 5.81. The summed E-state index contributed by atoms with van der Waals surface area (Å²) in [6, 6.07) is 2.70. The number of rotatable bonds is 4. The van der Waals surface area contributed by atoms with Gasteiger partial charge in [0.05, 0.1) is 6.42 Å². The molecule has 20 heavy (non-hydrogen) atoms. The van der Waals surface area contributed by atoms with Gasteiger partial charge < -0.3 is 19.9 Å². The van der Waals surface area contributed by atoms with Gasteiger partial charge in [0.25, 0.3) is 0 Å². The minimum Gasteiger partial charge on any atom is -0.486 e. The minimum atomic E-state index is -1.06. The number of fused-ring (bicyclic) bond motifs is 1. The number of aryl methyl sites for hydroxylation is 1. The highest BCUT2D eigenvalue weighted by molar-refractivity contribution is 5.84. The average Bonchev–Trinajstić information content (AvgIpc) is 2.39. The maximum atomic E-state index is 11.8. The van der Waals surface area contributed by atoms with E-state index in [1.54, 1.807) is 6.07 Å². The highest BCUT2D eigenvalue weighted by atomic mass is 16.6. The van der Waals surface area contributed by atoms with E-state index < -0.39 is 12.0 Å². The summed E-state index contributed by atoms with van der Waals surface area (Å²) in [6.45, 7) is 4.30. The molecule has 1 atom stereocenters. The number of amides is 1. The number of hydrogen-bond donors (Lipinski definition) is 2. The van der Waals surface area contributed by atoms with Crippen molar-refractivity contribution in [3.8, 4) is 11.5 Å². The first-order valence-corrected chi connectivity index (χ1v) is 6.38. The van der Waals surface area contributed by atoms with E-state index in [0.717, 1.165) is 11.1 Å². The molecule has 0 aliphatic carbocycles.